The lowest BCUT2D eigenvalue weighted by Crippen LogP contribution is -2.37. The number of hydrogen-bond acceptors (Lipinski definition) is 3. The number of carbonyl (C=O) groups excluding carboxylic acids is 2. The molecular formula is C26H24F4N2O3. The Morgan fingerprint density at radius 3 is 2.51 bits per heavy atom. The van der Waals surface area contributed by atoms with Crippen molar-refractivity contribution in [3.63, 3.8) is 0 Å². The summed E-state index contributed by atoms with van der Waals surface area (Å²) in [6.45, 7) is 5.66. The number of carbonyl (C=O) groups is 2. The summed E-state index contributed by atoms with van der Waals surface area (Å²) in [5, 5.41) is 0.834. The molecule has 1 aromatic heterocycles. The van der Waals surface area contributed by atoms with Crippen LogP contribution in [0, 0.1) is 5.82 Å². The van der Waals surface area contributed by atoms with E-state index in [1.54, 1.807) is 0 Å². The van der Waals surface area contributed by atoms with Crippen molar-refractivity contribution >= 4 is 28.4 Å². The average Bonchev–Trinajstić information content (AvgIpc) is 3.14. The lowest BCUT2D eigenvalue weighted by atomic mass is 9.81. The van der Waals surface area contributed by atoms with Crippen molar-refractivity contribution in [2.45, 2.75) is 38.8 Å². The van der Waals surface area contributed by atoms with Gasteiger partial charge < -0.3 is 14.6 Å². The molecule has 184 valence electrons. The Balaban J connectivity index is 1.88. The van der Waals surface area contributed by atoms with E-state index in [-0.39, 0.29) is 18.7 Å². The molecule has 2 heterocycles. The number of fused-ring (bicyclic) bond motifs is 3. The summed E-state index contributed by atoms with van der Waals surface area (Å²) >= 11 is 0. The van der Waals surface area contributed by atoms with Crippen molar-refractivity contribution in [3.05, 3.63) is 76.9 Å². The van der Waals surface area contributed by atoms with Gasteiger partial charge in [0.2, 0.25) is 0 Å². The van der Waals surface area contributed by atoms with Gasteiger partial charge in [-0.1, -0.05) is 45.0 Å². The van der Waals surface area contributed by atoms with Gasteiger partial charge in [0.25, 0.3) is 5.91 Å². The van der Waals surface area contributed by atoms with Crippen LogP contribution in [-0.4, -0.2) is 34.9 Å². The molecule has 0 spiro atoms. The van der Waals surface area contributed by atoms with Crippen LogP contribution in [0.15, 0.2) is 48.7 Å². The molecule has 0 radical (unpaired) electrons. The molecule has 0 saturated carbocycles. The van der Waals surface area contributed by atoms with E-state index < -0.39 is 40.4 Å². The molecule has 2 aromatic carbocycles. The first-order valence-corrected chi connectivity index (χ1v) is 11.1. The zero-order chi connectivity index (χ0) is 25.5. The van der Waals surface area contributed by atoms with Gasteiger partial charge in [-0.15, -0.1) is 0 Å². The third-order valence-electron chi connectivity index (χ3n) is 5.96. The molecule has 0 bridgehead atoms. The Bertz CT molecular complexity index is 1340. The Morgan fingerprint density at radius 2 is 1.83 bits per heavy atom. The average molecular weight is 488 g/mol. The molecule has 1 aliphatic heterocycles. The lowest BCUT2D eigenvalue weighted by molar-refractivity contribution is -0.140. The lowest BCUT2D eigenvalue weighted by Gasteiger charge is -2.30. The number of hydrogen-bond donors (Lipinski definition) is 1. The van der Waals surface area contributed by atoms with Crippen molar-refractivity contribution in [2.75, 3.05) is 13.2 Å². The molecule has 0 fully saturated rings. The van der Waals surface area contributed by atoms with Crippen LogP contribution in [0.25, 0.3) is 16.5 Å². The molecule has 9 heteroatoms. The van der Waals surface area contributed by atoms with Crippen molar-refractivity contribution in [2.24, 2.45) is 0 Å². The van der Waals surface area contributed by atoms with Crippen molar-refractivity contribution in [1.29, 1.82) is 0 Å². The third kappa shape index (κ3) is 4.42. The van der Waals surface area contributed by atoms with Crippen molar-refractivity contribution in [1.82, 2.24) is 9.88 Å². The summed E-state index contributed by atoms with van der Waals surface area (Å²) < 4.78 is 59.9. The SMILES string of the molecule is CCCOC(=O)C1=CN(C(=O)c2cccc(C(F)(F)F)c2F)CC(C)(C)c2c1[nH]c1ccccc21. The minimum Gasteiger partial charge on any atom is -0.462 e. The van der Waals surface area contributed by atoms with E-state index in [1.807, 2.05) is 45.0 Å². The van der Waals surface area contributed by atoms with Crippen LogP contribution in [0.5, 0.6) is 0 Å². The van der Waals surface area contributed by atoms with Crippen LogP contribution < -0.4 is 0 Å². The Morgan fingerprint density at radius 1 is 1.11 bits per heavy atom. The second kappa shape index (κ2) is 8.87. The van der Waals surface area contributed by atoms with E-state index in [2.05, 4.69) is 4.98 Å². The first-order chi connectivity index (χ1) is 16.5. The fraction of sp³-hybridized carbons (Fsp3) is 0.308. The Labute approximate surface area is 199 Å². The quantitative estimate of drug-likeness (QED) is 0.359. The number of esters is 1. The zero-order valence-electron chi connectivity index (χ0n) is 19.4. The molecule has 1 amide bonds. The molecule has 35 heavy (non-hydrogen) atoms. The highest BCUT2D eigenvalue weighted by atomic mass is 19.4. The maximum Gasteiger partial charge on any atom is 0.419 e. The maximum atomic E-state index is 14.8. The van der Waals surface area contributed by atoms with E-state index in [4.69, 9.17) is 4.74 Å². The maximum absolute atomic E-state index is 14.8. The van der Waals surface area contributed by atoms with Gasteiger partial charge in [-0.25, -0.2) is 9.18 Å². The Kier molecular flexibility index (Phi) is 6.21. The normalized spacial score (nSPS) is 15.4. The van der Waals surface area contributed by atoms with E-state index in [1.165, 1.54) is 6.20 Å². The van der Waals surface area contributed by atoms with Crippen LogP contribution in [0.2, 0.25) is 0 Å². The van der Waals surface area contributed by atoms with Gasteiger partial charge in [-0.3, -0.25) is 4.79 Å². The van der Waals surface area contributed by atoms with Crippen LogP contribution in [0.4, 0.5) is 17.6 Å². The molecule has 0 saturated heterocycles. The number of nitrogens with zero attached hydrogens (tertiary/aromatic N) is 1. The van der Waals surface area contributed by atoms with Gasteiger partial charge in [0.15, 0.2) is 0 Å². The number of nitrogens with one attached hydrogen (secondary N) is 1. The summed E-state index contributed by atoms with van der Waals surface area (Å²) in [7, 11) is 0. The van der Waals surface area contributed by atoms with Crippen molar-refractivity contribution < 1.29 is 31.9 Å². The second-order valence-electron chi connectivity index (χ2n) is 9.08. The number of amides is 1. The predicted molar refractivity (Wildman–Crippen MR) is 123 cm³/mol. The van der Waals surface area contributed by atoms with Crippen LogP contribution >= 0.6 is 0 Å². The minimum absolute atomic E-state index is 0.0130. The van der Waals surface area contributed by atoms with Gasteiger partial charge >= 0.3 is 12.1 Å². The predicted octanol–water partition coefficient (Wildman–Crippen LogP) is 6.05. The molecule has 0 unspecified atom stereocenters. The first kappa shape index (κ1) is 24.5. The number of benzene rings is 2. The number of halogens is 4. The van der Waals surface area contributed by atoms with Gasteiger partial charge in [0.05, 0.1) is 29.0 Å². The fourth-order valence-electron chi connectivity index (χ4n) is 4.45. The van der Waals surface area contributed by atoms with E-state index in [9.17, 15) is 27.2 Å². The molecule has 0 aliphatic carbocycles. The first-order valence-electron chi connectivity index (χ1n) is 11.1. The van der Waals surface area contributed by atoms with Gasteiger partial charge in [-0.05, 0) is 30.2 Å². The van der Waals surface area contributed by atoms with Crippen molar-refractivity contribution in [3.8, 4) is 0 Å². The van der Waals surface area contributed by atoms with Gasteiger partial charge in [-0.2, -0.15) is 13.2 Å². The van der Waals surface area contributed by atoms with Crippen LogP contribution in [-0.2, 0) is 21.1 Å². The largest absolute Gasteiger partial charge is 0.462 e. The van der Waals surface area contributed by atoms with E-state index in [0.717, 1.165) is 33.5 Å². The molecular weight excluding hydrogens is 464 g/mol. The summed E-state index contributed by atoms with van der Waals surface area (Å²) in [4.78, 5) is 30.7. The number of alkyl halides is 3. The summed E-state index contributed by atoms with van der Waals surface area (Å²) in [5.74, 6) is -3.34. The summed E-state index contributed by atoms with van der Waals surface area (Å²) in [6.07, 6.45) is -3.15. The smallest absolute Gasteiger partial charge is 0.419 e. The molecule has 5 nitrogen and oxygen atoms in total. The van der Waals surface area contributed by atoms with Gasteiger partial charge in [0, 0.05) is 29.1 Å². The monoisotopic (exact) mass is 488 g/mol. The summed E-state index contributed by atoms with van der Waals surface area (Å²) in [5.41, 5.74) is -0.987. The van der Waals surface area contributed by atoms with E-state index >= 15 is 0 Å². The minimum atomic E-state index is -4.96. The molecule has 1 N–H and O–H groups in total. The number of rotatable bonds is 4. The number of aromatic nitrogens is 1. The second-order valence-corrected chi connectivity index (χ2v) is 9.08. The molecule has 4 rings (SSSR count). The number of ether oxygens (including phenoxy) is 1. The standard InChI is InChI=1S/C26H24F4N2O3/c1-4-12-35-24(34)17-13-32(23(33)16-9-7-10-18(21(16)27)26(28,29)30)14-25(2,3)20-15-8-5-6-11-19(15)31-22(17)20/h5-11,13,31H,4,12,14H2,1-3H3. The summed E-state index contributed by atoms with van der Waals surface area (Å²) in [6, 6.07) is 9.99. The highest BCUT2D eigenvalue weighted by Gasteiger charge is 2.40. The number of aromatic amines is 1. The molecule has 0 atom stereocenters. The fourth-order valence-corrected chi connectivity index (χ4v) is 4.45. The highest BCUT2D eigenvalue weighted by Crippen LogP contribution is 2.41. The third-order valence-corrected chi connectivity index (χ3v) is 5.96. The van der Waals surface area contributed by atoms with E-state index in [0.29, 0.717) is 18.2 Å². The number of para-hydroxylation sites is 1. The number of H-pyrrole nitrogens is 1. The van der Waals surface area contributed by atoms with Gasteiger partial charge in [0.1, 0.15) is 5.82 Å². The zero-order valence-corrected chi connectivity index (χ0v) is 19.4. The Hall–Kier alpha value is -3.62. The molecule has 3 aromatic rings. The van der Waals surface area contributed by atoms with Crippen LogP contribution in [0.1, 0.15) is 54.4 Å². The highest BCUT2D eigenvalue weighted by molar-refractivity contribution is 6.18. The molecule has 1 aliphatic rings. The van der Waals surface area contributed by atoms with Crippen LogP contribution in [0.3, 0.4) is 0 Å². The topological polar surface area (TPSA) is 62.4 Å².